The highest BCUT2D eigenvalue weighted by atomic mass is 16.5. The lowest BCUT2D eigenvalue weighted by molar-refractivity contribution is 0.0912. The fourth-order valence-electron chi connectivity index (χ4n) is 14.8. The number of para-hydroxylation sites is 7. The summed E-state index contributed by atoms with van der Waals surface area (Å²) in [6.07, 6.45) is 6.34. The van der Waals surface area contributed by atoms with Crippen LogP contribution in [0.1, 0.15) is 225 Å². The maximum atomic E-state index is 11.9. The van der Waals surface area contributed by atoms with Crippen LogP contribution in [-0.4, -0.2) is 104 Å². The first-order valence-electron chi connectivity index (χ1n) is 47.5. The molecule has 18 heteroatoms. The highest BCUT2D eigenvalue weighted by Gasteiger charge is 2.48. The molecule has 2 unspecified atom stereocenters. The number of hydrogen-bond donors (Lipinski definition) is 9. The summed E-state index contributed by atoms with van der Waals surface area (Å²) in [5, 5.41) is 88.1. The van der Waals surface area contributed by atoms with Gasteiger partial charge in [-0.1, -0.05) is 276 Å². The van der Waals surface area contributed by atoms with Crippen molar-refractivity contribution in [1.82, 2.24) is 0 Å². The Bertz CT molecular complexity index is 5990. The number of rotatable bonds is 35. The van der Waals surface area contributed by atoms with Crippen LogP contribution in [0.4, 0.5) is 0 Å². The number of hydrogen-bond acceptors (Lipinski definition) is 18. The molecule has 18 nitrogen and oxygen atoms in total. The lowest BCUT2D eigenvalue weighted by atomic mass is 9.96. The van der Waals surface area contributed by atoms with E-state index in [2.05, 4.69) is 113 Å². The number of ether oxygens (including phenoxy) is 7. The van der Waals surface area contributed by atoms with Gasteiger partial charge in [0.25, 0.3) is 0 Å². The molecule has 14 aromatic carbocycles. The number of phenolic OH excluding ortho intramolecular Hbond substituents is 7. The molecular weight excluding hydrogens is 1730 g/mol. The zero-order valence-electron chi connectivity index (χ0n) is 81.1. The minimum atomic E-state index is -0.846. The molecule has 2 atom stereocenters. The standard InChI is InChI=1S/C19H22O2.C18H20O2.C17H20O3.C17H18O3.C17H20O2.C16H18O3.C16H16O3/c1-14(2)15-7-9-16(10-8-15)21-13-19(11-12-19)17-5-3-4-6-18(17)20;1-2-14-7-9-15(10-8-14)20-13-18(11-12-18)16-5-3-4-6-17(16)19;2*1-12(2)13-7-9-14(10-8-13)20-11-17(19)15-5-3-4-6-16(15)18;1-13(2)14-7-9-16(10-8-14)19-12-11-15-5-3-4-6-17(15)18;2*1-2-12-7-9-13(10-8-12)19-11-16(18)14-5-3-4-6-15(14)17/h3-10,14,20H,11-13H2,1-2H3;3-10,19H,2,11-13H2,1H3;3-10,12,17-19H,11H2,1-2H3;3-10,12,18H,11H2,1-2H3;3-10,13,18H,11-12H2,1-2H3;3-10,16-18H,2,11H2,1H3;3-10,17H,2,11H2,1H3. The number of aryl methyl sites for hydroxylation is 3. The number of aliphatic hydroxyl groups is 2. The molecule has 2 aliphatic rings. The molecule has 14 aromatic rings. The van der Waals surface area contributed by atoms with Gasteiger partial charge in [0.05, 0.1) is 30.9 Å². The minimum Gasteiger partial charge on any atom is -0.508 e. The van der Waals surface area contributed by atoms with Crippen LogP contribution in [0.15, 0.2) is 340 Å². The lowest BCUT2D eigenvalue weighted by Crippen LogP contribution is -2.17. The van der Waals surface area contributed by atoms with Crippen LogP contribution in [0.2, 0.25) is 0 Å². The average molecular weight is 1860 g/mol. The third kappa shape index (κ3) is 33.2. The van der Waals surface area contributed by atoms with E-state index < -0.39 is 12.2 Å². The van der Waals surface area contributed by atoms with Gasteiger partial charge in [-0.25, -0.2) is 0 Å². The smallest absolute Gasteiger partial charge is 0.203 e. The van der Waals surface area contributed by atoms with Gasteiger partial charge in [-0.15, -0.1) is 0 Å². The molecule has 0 saturated heterocycles. The summed E-state index contributed by atoms with van der Waals surface area (Å²) in [6.45, 7) is 25.5. The molecule has 2 fully saturated rings. The summed E-state index contributed by atoms with van der Waals surface area (Å²) in [6, 6.07) is 105. The molecule has 2 aliphatic carbocycles. The average Bonchev–Trinajstić information content (AvgIpc) is 1.62. The Morgan fingerprint density at radius 3 is 0.812 bits per heavy atom. The molecule has 0 heterocycles. The number of ketones is 2. The van der Waals surface area contributed by atoms with E-state index in [0.29, 0.717) is 101 Å². The van der Waals surface area contributed by atoms with E-state index in [9.17, 15) is 55.5 Å². The van der Waals surface area contributed by atoms with Crippen molar-refractivity contribution >= 4 is 11.6 Å². The Morgan fingerprint density at radius 2 is 0.529 bits per heavy atom. The van der Waals surface area contributed by atoms with E-state index in [1.165, 1.54) is 51.1 Å². The van der Waals surface area contributed by atoms with Crippen molar-refractivity contribution in [3.05, 3.63) is 418 Å². The molecule has 0 aliphatic heterocycles. The van der Waals surface area contributed by atoms with Gasteiger partial charge < -0.3 is 79.1 Å². The number of aromatic hydroxyl groups is 7. The Balaban J connectivity index is 0.000000166. The Labute approximate surface area is 814 Å². The van der Waals surface area contributed by atoms with Crippen molar-refractivity contribution in [3.63, 3.8) is 0 Å². The zero-order valence-corrected chi connectivity index (χ0v) is 81.1. The summed E-state index contributed by atoms with van der Waals surface area (Å²) in [7, 11) is 0. The Hall–Kier alpha value is -14.5. The monoisotopic (exact) mass is 1860 g/mol. The Morgan fingerprint density at radius 1 is 0.275 bits per heavy atom. The second-order valence-corrected chi connectivity index (χ2v) is 35.5. The third-order valence-corrected chi connectivity index (χ3v) is 24.1. The van der Waals surface area contributed by atoms with Crippen LogP contribution in [0, 0.1) is 0 Å². The van der Waals surface area contributed by atoms with Crippen molar-refractivity contribution in [2.24, 2.45) is 0 Å². The van der Waals surface area contributed by atoms with E-state index in [1.807, 2.05) is 188 Å². The fraction of sp³-hybridized carbons (Fsp3) is 0.283. The molecule has 0 aromatic heterocycles. The van der Waals surface area contributed by atoms with Crippen molar-refractivity contribution in [2.45, 2.75) is 174 Å². The number of carbonyl (C=O) groups excluding carboxylic acids is 2. The largest absolute Gasteiger partial charge is 0.508 e. The molecule has 2 saturated carbocycles. The molecule has 0 spiro atoms. The van der Waals surface area contributed by atoms with Crippen molar-refractivity contribution in [3.8, 4) is 80.5 Å². The molecule has 138 heavy (non-hydrogen) atoms. The predicted molar refractivity (Wildman–Crippen MR) is 549 cm³/mol. The van der Waals surface area contributed by atoms with Crippen LogP contribution < -0.4 is 33.2 Å². The van der Waals surface area contributed by atoms with Crippen LogP contribution in [0.3, 0.4) is 0 Å². The maximum absolute atomic E-state index is 11.9. The predicted octanol–water partition coefficient (Wildman–Crippen LogP) is 26.5. The first-order valence-corrected chi connectivity index (χ1v) is 47.5. The van der Waals surface area contributed by atoms with Crippen molar-refractivity contribution < 1.29 is 88.7 Å². The summed E-state index contributed by atoms with van der Waals surface area (Å²) >= 11 is 0. The number of carbonyl (C=O) groups is 2. The summed E-state index contributed by atoms with van der Waals surface area (Å²) in [5.74, 6) is 8.19. The van der Waals surface area contributed by atoms with Gasteiger partial charge in [0.1, 0.15) is 106 Å². The SMILES string of the molecule is CC(C)c1ccc(OCC(=O)c2ccccc2O)cc1.CC(C)c1ccc(OCC(O)c2ccccc2O)cc1.CC(C)c1ccc(OCC2(c3ccccc3O)CC2)cc1.CC(C)c1ccc(OCCc2ccccc2O)cc1.CCc1ccc(OCC(=O)c2ccccc2O)cc1.CCc1ccc(OCC(O)c2ccccc2O)cc1.CCc1ccc(OCC2(c3ccccc3O)CC2)cc1. The summed E-state index contributed by atoms with van der Waals surface area (Å²) < 4.78 is 39.5. The minimum absolute atomic E-state index is 0.00205. The summed E-state index contributed by atoms with van der Waals surface area (Å²) in [5.41, 5.74) is 13.4. The molecule has 16 rings (SSSR count). The first-order chi connectivity index (χ1) is 66.6. The Kier molecular flexibility index (Phi) is 41.1. The van der Waals surface area contributed by atoms with Crippen LogP contribution in [0.25, 0.3) is 0 Å². The number of phenols is 7. The number of Topliss-reactive ketones (excluding diaryl/α,β-unsaturated/α-hetero) is 2. The zero-order chi connectivity index (χ0) is 98.9. The van der Waals surface area contributed by atoms with Gasteiger partial charge in [-0.3, -0.25) is 9.59 Å². The fourth-order valence-corrected chi connectivity index (χ4v) is 14.8. The first kappa shape index (κ1) is 106. The molecule has 0 amide bonds. The second kappa shape index (κ2) is 53.7. The molecular formula is C120H134O18. The highest BCUT2D eigenvalue weighted by Crippen LogP contribution is 2.52. The van der Waals surface area contributed by atoms with Crippen LogP contribution >= 0.6 is 0 Å². The topological polar surface area (TPSA) is 281 Å². The van der Waals surface area contributed by atoms with Gasteiger partial charge in [-0.2, -0.15) is 0 Å². The van der Waals surface area contributed by atoms with Gasteiger partial charge in [-0.05, 0) is 253 Å². The van der Waals surface area contributed by atoms with Crippen molar-refractivity contribution in [1.29, 1.82) is 0 Å². The molecule has 9 N–H and O–H groups in total. The number of benzene rings is 14. The highest BCUT2D eigenvalue weighted by molar-refractivity contribution is 6.00. The maximum Gasteiger partial charge on any atom is 0.203 e. The normalized spacial score (nSPS) is 12.6. The van der Waals surface area contributed by atoms with Gasteiger partial charge in [0.2, 0.25) is 11.6 Å². The van der Waals surface area contributed by atoms with Crippen LogP contribution in [-0.2, 0) is 36.5 Å². The molecule has 722 valence electrons. The number of aliphatic hydroxyl groups excluding tert-OH is 2. The van der Waals surface area contributed by atoms with E-state index in [-0.39, 0.29) is 82.9 Å². The van der Waals surface area contributed by atoms with Crippen LogP contribution in [0.5, 0.6) is 80.5 Å². The van der Waals surface area contributed by atoms with E-state index in [1.54, 1.807) is 103 Å². The van der Waals surface area contributed by atoms with E-state index in [4.69, 9.17) is 33.2 Å². The van der Waals surface area contributed by atoms with Gasteiger partial charge in [0.15, 0.2) is 13.2 Å². The quantitative estimate of drug-likeness (QED) is 0.0167. The molecule has 0 radical (unpaired) electrons. The van der Waals surface area contributed by atoms with Crippen molar-refractivity contribution in [2.75, 3.05) is 46.2 Å². The summed E-state index contributed by atoms with van der Waals surface area (Å²) in [4.78, 5) is 23.8. The van der Waals surface area contributed by atoms with E-state index >= 15 is 0 Å². The van der Waals surface area contributed by atoms with E-state index in [0.717, 1.165) is 78.9 Å². The lowest BCUT2D eigenvalue weighted by Gasteiger charge is -2.18. The second-order valence-electron chi connectivity index (χ2n) is 35.5. The van der Waals surface area contributed by atoms with Gasteiger partial charge >= 0.3 is 0 Å². The third-order valence-electron chi connectivity index (χ3n) is 24.1. The molecule has 0 bridgehead atoms. The van der Waals surface area contributed by atoms with Gasteiger partial charge in [0, 0.05) is 39.5 Å².